The Hall–Kier alpha value is -3.16. The van der Waals surface area contributed by atoms with Gasteiger partial charge in [-0.3, -0.25) is 4.79 Å². The summed E-state index contributed by atoms with van der Waals surface area (Å²) in [7, 11) is 0. The fourth-order valence-corrected chi connectivity index (χ4v) is 3.78. The molecule has 4 rings (SSSR count). The molecule has 2 aromatic heterocycles. The summed E-state index contributed by atoms with van der Waals surface area (Å²) in [5, 5.41) is 3.72. The Morgan fingerprint density at radius 2 is 1.90 bits per heavy atom. The Balaban J connectivity index is 1.86. The minimum Gasteiger partial charge on any atom is -0.359 e. The first-order chi connectivity index (χ1) is 14.7. The van der Waals surface area contributed by atoms with E-state index in [-0.39, 0.29) is 16.7 Å². The fraction of sp³-hybridized carbons (Fsp3) is 0.348. The average Bonchev–Trinajstić information content (AvgIpc) is 3.47. The van der Waals surface area contributed by atoms with Crippen LogP contribution in [0.5, 0.6) is 0 Å². The third kappa shape index (κ3) is 3.60. The number of hydrogen-bond acceptors (Lipinski definition) is 4. The van der Waals surface area contributed by atoms with Gasteiger partial charge in [0, 0.05) is 22.9 Å². The number of hydrogen-bond donors (Lipinski definition) is 1. The van der Waals surface area contributed by atoms with Crippen molar-refractivity contribution in [3.8, 4) is 0 Å². The molecule has 1 fully saturated rings. The number of aryl methyl sites for hydroxylation is 2. The molecule has 2 heterocycles. The second kappa shape index (κ2) is 7.51. The van der Waals surface area contributed by atoms with Crippen LogP contribution in [-0.4, -0.2) is 14.5 Å². The normalized spacial score (nSPS) is 15.8. The highest BCUT2D eigenvalue weighted by Gasteiger charge is 2.40. The standard InChI is InChI=1S/C23H23F3N4O/c1-5-17(14-7-6-8-15(18(14)24)20(25)26)29-21-16-11-30(23(4)9-10-23)22(31)12(2)19(16)27-13(3)28-21/h5-8,11,17,20H,1,9-10H2,2-4H3,(H,27,28,29)/t17-/m1/s1. The van der Waals surface area contributed by atoms with Crippen molar-refractivity contribution >= 4 is 16.7 Å². The van der Waals surface area contributed by atoms with Crippen LogP contribution in [0.1, 0.15) is 54.7 Å². The van der Waals surface area contributed by atoms with Crippen molar-refractivity contribution in [2.24, 2.45) is 0 Å². The van der Waals surface area contributed by atoms with Crippen LogP contribution in [0.15, 0.2) is 41.8 Å². The van der Waals surface area contributed by atoms with Crippen molar-refractivity contribution < 1.29 is 13.2 Å². The molecule has 1 aliphatic carbocycles. The van der Waals surface area contributed by atoms with Crippen molar-refractivity contribution in [1.82, 2.24) is 14.5 Å². The Morgan fingerprint density at radius 3 is 2.52 bits per heavy atom. The summed E-state index contributed by atoms with van der Waals surface area (Å²) in [4.78, 5) is 21.8. The third-order valence-corrected chi connectivity index (χ3v) is 5.92. The molecular weight excluding hydrogens is 405 g/mol. The molecule has 5 nitrogen and oxygen atoms in total. The van der Waals surface area contributed by atoms with Crippen LogP contribution in [0.4, 0.5) is 19.0 Å². The molecule has 8 heteroatoms. The van der Waals surface area contributed by atoms with Crippen LogP contribution < -0.4 is 10.9 Å². The Bertz CT molecular complexity index is 1250. The number of fused-ring (bicyclic) bond motifs is 1. The molecule has 162 valence electrons. The maximum atomic E-state index is 14.8. The highest BCUT2D eigenvalue weighted by Crippen LogP contribution is 2.42. The molecule has 0 aliphatic heterocycles. The van der Waals surface area contributed by atoms with E-state index in [1.165, 1.54) is 18.2 Å². The molecule has 0 spiro atoms. The highest BCUT2D eigenvalue weighted by atomic mass is 19.3. The maximum absolute atomic E-state index is 14.8. The zero-order chi connectivity index (χ0) is 22.5. The zero-order valence-corrected chi connectivity index (χ0v) is 17.5. The van der Waals surface area contributed by atoms with Gasteiger partial charge < -0.3 is 9.88 Å². The average molecular weight is 428 g/mol. The van der Waals surface area contributed by atoms with Crippen molar-refractivity contribution in [1.29, 1.82) is 0 Å². The van der Waals surface area contributed by atoms with Gasteiger partial charge in [-0.05, 0) is 33.6 Å². The summed E-state index contributed by atoms with van der Waals surface area (Å²) in [6, 6.07) is 3.07. The summed E-state index contributed by atoms with van der Waals surface area (Å²) >= 11 is 0. The van der Waals surface area contributed by atoms with Gasteiger partial charge in [0.25, 0.3) is 12.0 Å². The van der Waals surface area contributed by atoms with Crippen LogP contribution in [-0.2, 0) is 5.54 Å². The lowest BCUT2D eigenvalue weighted by atomic mass is 10.0. The number of benzene rings is 1. The minimum absolute atomic E-state index is 0.0383. The van der Waals surface area contributed by atoms with E-state index in [9.17, 15) is 18.0 Å². The topological polar surface area (TPSA) is 59.8 Å². The molecule has 1 saturated carbocycles. The summed E-state index contributed by atoms with van der Waals surface area (Å²) in [6.45, 7) is 9.16. The van der Waals surface area contributed by atoms with Crippen LogP contribution in [0, 0.1) is 19.7 Å². The van der Waals surface area contributed by atoms with E-state index in [1.54, 1.807) is 24.6 Å². The molecule has 0 unspecified atom stereocenters. The molecule has 1 atom stereocenters. The van der Waals surface area contributed by atoms with E-state index >= 15 is 0 Å². The lowest BCUT2D eigenvalue weighted by molar-refractivity contribution is 0.146. The Labute approximate surface area is 177 Å². The summed E-state index contributed by atoms with van der Waals surface area (Å²) in [6.07, 6.45) is 2.03. The van der Waals surface area contributed by atoms with Gasteiger partial charge in [-0.2, -0.15) is 0 Å². The van der Waals surface area contributed by atoms with E-state index in [4.69, 9.17) is 0 Å². The van der Waals surface area contributed by atoms with E-state index in [1.807, 2.05) is 6.92 Å². The number of nitrogens with zero attached hydrogens (tertiary/aromatic N) is 3. The lowest BCUT2D eigenvalue weighted by Crippen LogP contribution is -2.30. The highest BCUT2D eigenvalue weighted by molar-refractivity contribution is 5.90. The van der Waals surface area contributed by atoms with Gasteiger partial charge >= 0.3 is 0 Å². The molecular formula is C23H23F3N4O. The number of alkyl halides is 2. The molecule has 0 radical (unpaired) electrons. The largest absolute Gasteiger partial charge is 0.359 e. The third-order valence-electron chi connectivity index (χ3n) is 5.92. The lowest BCUT2D eigenvalue weighted by Gasteiger charge is -2.21. The Kier molecular flexibility index (Phi) is 5.11. The predicted molar refractivity (Wildman–Crippen MR) is 114 cm³/mol. The van der Waals surface area contributed by atoms with Crippen LogP contribution in [0.2, 0.25) is 0 Å². The van der Waals surface area contributed by atoms with Crippen molar-refractivity contribution in [3.63, 3.8) is 0 Å². The van der Waals surface area contributed by atoms with Gasteiger partial charge in [-0.1, -0.05) is 24.3 Å². The summed E-state index contributed by atoms with van der Waals surface area (Å²) in [5.74, 6) is -0.170. The molecule has 0 bridgehead atoms. The second-order valence-corrected chi connectivity index (χ2v) is 8.22. The Morgan fingerprint density at radius 1 is 1.23 bits per heavy atom. The first-order valence-electron chi connectivity index (χ1n) is 10.0. The van der Waals surface area contributed by atoms with Gasteiger partial charge in [0.05, 0.1) is 22.5 Å². The molecule has 3 aromatic rings. The monoisotopic (exact) mass is 428 g/mol. The number of rotatable bonds is 6. The number of halogens is 3. The maximum Gasteiger partial charge on any atom is 0.266 e. The predicted octanol–water partition coefficient (Wildman–Crippen LogP) is 5.33. The molecule has 1 N–H and O–H groups in total. The second-order valence-electron chi connectivity index (χ2n) is 8.22. The van der Waals surface area contributed by atoms with E-state index in [2.05, 4.69) is 21.9 Å². The van der Waals surface area contributed by atoms with Gasteiger partial charge in [-0.15, -0.1) is 6.58 Å². The van der Waals surface area contributed by atoms with Gasteiger partial charge in [0.2, 0.25) is 0 Å². The number of nitrogens with one attached hydrogen (secondary N) is 1. The molecule has 1 aromatic carbocycles. The summed E-state index contributed by atoms with van der Waals surface area (Å²) < 4.78 is 42.8. The summed E-state index contributed by atoms with van der Waals surface area (Å²) in [5.41, 5.74) is 0.0312. The quantitative estimate of drug-likeness (QED) is 0.539. The molecule has 0 amide bonds. The SMILES string of the molecule is C=C[C@@H](Nc1nc(C)nc2c(C)c(=O)n(C3(C)CC3)cc12)c1cccc(C(F)F)c1F. The first-order valence-corrected chi connectivity index (χ1v) is 10.0. The van der Waals surface area contributed by atoms with Crippen LogP contribution in [0.3, 0.4) is 0 Å². The van der Waals surface area contributed by atoms with Gasteiger partial charge in [0.1, 0.15) is 17.5 Å². The van der Waals surface area contributed by atoms with E-state index in [0.29, 0.717) is 28.1 Å². The minimum atomic E-state index is -2.93. The van der Waals surface area contributed by atoms with Crippen molar-refractivity contribution in [2.45, 2.75) is 51.6 Å². The van der Waals surface area contributed by atoms with Crippen molar-refractivity contribution in [2.75, 3.05) is 5.32 Å². The molecule has 1 aliphatic rings. The zero-order valence-electron chi connectivity index (χ0n) is 17.5. The number of anilines is 1. The van der Waals surface area contributed by atoms with Crippen LogP contribution in [0.25, 0.3) is 10.9 Å². The van der Waals surface area contributed by atoms with E-state index in [0.717, 1.165) is 18.9 Å². The van der Waals surface area contributed by atoms with Gasteiger partial charge in [-0.25, -0.2) is 23.1 Å². The fourth-order valence-electron chi connectivity index (χ4n) is 3.78. The number of aromatic nitrogens is 3. The van der Waals surface area contributed by atoms with E-state index < -0.39 is 23.8 Å². The first kappa shape index (κ1) is 21.1. The van der Waals surface area contributed by atoms with Gasteiger partial charge in [0.15, 0.2) is 0 Å². The van der Waals surface area contributed by atoms with Crippen LogP contribution >= 0.6 is 0 Å². The molecule has 0 saturated heterocycles. The molecule has 31 heavy (non-hydrogen) atoms. The number of pyridine rings is 1. The smallest absolute Gasteiger partial charge is 0.266 e. The van der Waals surface area contributed by atoms with Crippen molar-refractivity contribution in [3.05, 3.63) is 75.7 Å².